The zero-order valence-corrected chi connectivity index (χ0v) is 12.1. The van der Waals surface area contributed by atoms with Crippen molar-refractivity contribution in [1.29, 1.82) is 0 Å². The molecule has 0 aliphatic rings. The first-order valence-electron chi connectivity index (χ1n) is 6.47. The number of rotatable bonds is 3. The molecular weight excluding hydrogens is 248 g/mol. The smallest absolute Gasteiger partial charge is 0.127 e. The number of nitrogens with one attached hydrogen (secondary N) is 1. The average Bonchev–Trinajstić information content (AvgIpc) is 2.41. The van der Waals surface area contributed by atoms with E-state index in [2.05, 4.69) is 42.4 Å². The third-order valence-electron chi connectivity index (χ3n) is 3.23. The van der Waals surface area contributed by atoms with E-state index < -0.39 is 0 Å². The third kappa shape index (κ3) is 2.91. The molecule has 0 bridgehead atoms. The van der Waals surface area contributed by atoms with Crippen LogP contribution >= 0.6 is 0 Å². The predicted molar refractivity (Wildman–Crippen MR) is 86.7 cm³/mol. The average molecular weight is 268 g/mol. The van der Waals surface area contributed by atoms with Crippen LogP contribution in [0.2, 0.25) is 0 Å². The summed E-state index contributed by atoms with van der Waals surface area (Å²) in [5, 5.41) is 3.36. The lowest BCUT2D eigenvalue weighted by Gasteiger charge is -2.12. The van der Waals surface area contributed by atoms with Crippen LogP contribution in [0, 0.1) is 13.8 Å². The van der Waals surface area contributed by atoms with Crippen molar-refractivity contribution in [2.24, 2.45) is 10.7 Å². The minimum Gasteiger partial charge on any atom is -0.398 e. The number of nitrogens with two attached hydrogens (primary N) is 2. The van der Waals surface area contributed by atoms with Crippen molar-refractivity contribution >= 4 is 22.9 Å². The van der Waals surface area contributed by atoms with Gasteiger partial charge in [0.05, 0.1) is 0 Å². The van der Waals surface area contributed by atoms with E-state index in [1.54, 1.807) is 7.05 Å². The summed E-state index contributed by atoms with van der Waals surface area (Å²) in [6.07, 6.45) is 0. The van der Waals surface area contributed by atoms with Gasteiger partial charge >= 0.3 is 0 Å². The Morgan fingerprint density at radius 2 is 1.85 bits per heavy atom. The molecule has 0 heterocycles. The highest BCUT2D eigenvalue weighted by Crippen LogP contribution is 2.24. The van der Waals surface area contributed by atoms with Crippen LogP contribution in [0.1, 0.15) is 16.7 Å². The fourth-order valence-corrected chi connectivity index (χ4v) is 2.10. The minimum absolute atomic E-state index is 0.445. The van der Waals surface area contributed by atoms with E-state index in [-0.39, 0.29) is 0 Å². The number of hydrogen-bond donors (Lipinski definition) is 3. The van der Waals surface area contributed by atoms with E-state index in [1.165, 1.54) is 11.1 Å². The Balaban J connectivity index is 2.29. The van der Waals surface area contributed by atoms with Gasteiger partial charge in [-0.1, -0.05) is 17.7 Å². The van der Waals surface area contributed by atoms with Crippen molar-refractivity contribution in [1.82, 2.24) is 0 Å². The molecule has 0 saturated heterocycles. The molecule has 0 saturated carbocycles. The number of amidine groups is 1. The second-order valence-corrected chi connectivity index (χ2v) is 4.85. The lowest BCUT2D eigenvalue weighted by molar-refractivity contribution is 1.36. The topological polar surface area (TPSA) is 76.4 Å². The summed E-state index contributed by atoms with van der Waals surface area (Å²) in [5.74, 6) is 0.445. The first kappa shape index (κ1) is 13.9. The summed E-state index contributed by atoms with van der Waals surface area (Å²) in [7, 11) is 1.65. The Bertz CT molecular complexity index is 660. The first-order chi connectivity index (χ1) is 9.51. The third-order valence-corrected chi connectivity index (χ3v) is 3.23. The van der Waals surface area contributed by atoms with Crippen LogP contribution in [-0.2, 0) is 0 Å². The van der Waals surface area contributed by atoms with Crippen LogP contribution in [0.25, 0.3) is 0 Å². The molecule has 104 valence electrons. The van der Waals surface area contributed by atoms with Crippen molar-refractivity contribution < 1.29 is 0 Å². The van der Waals surface area contributed by atoms with Crippen molar-refractivity contribution in [3.05, 3.63) is 53.1 Å². The molecule has 0 aliphatic carbocycles. The number of aryl methyl sites for hydroxylation is 2. The summed E-state index contributed by atoms with van der Waals surface area (Å²) in [4.78, 5) is 3.95. The van der Waals surface area contributed by atoms with Gasteiger partial charge in [0.2, 0.25) is 0 Å². The molecule has 0 amide bonds. The summed E-state index contributed by atoms with van der Waals surface area (Å²) in [6, 6.07) is 12.0. The van der Waals surface area contributed by atoms with Gasteiger partial charge in [0.25, 0.3) is 0 Å². The number of benzene rings is 2. The molecule has 4 nitrogen and oxygen atoms in total. The van der Waals surface area contributed by atoms with Crippen molar-refractivity contribution in [2.45, 2.75) is 13.8 Å². The fraction of sp³-hybridized carbons (Fsp3) is 0.188. The predicted octanol–water partition coefficient (Wildman–Crippen LogP) is 2.96. The van der Waals surface area contributed by atoms with Gasteiger partial charge in [-0.2, -0.15) is 0 Å². The van der Waals surface area contributed by atoms with Crippen LogP contribution in [0.3, 0.4) is 0 Å². The monoisotopic (exact) mass is 268 g/mol. The van der Waals surface area contributed by atoms with Crippen LogP contribution < -0.4 is 16.8 Å². The number of nitrogens with zero attached hydrogens (tertiary/aromatic N) is 1. The maximum atomic E-state index is 6.01. The van der Waals surface area contributed by atoms with Gasteiger partial charge in [0, 0.05) is 29.7 Å². The van der Waals surface area contributed by atoms with Crippen LogP contribution in [0.5, 0.6) is 0 Å². The van der Waals surface area contributed by atoms with Crippen molar-refractivity contribution in [3.8, 4) is 0 Å². The molecule has 0 spiro atoms. The Morgan fingerprint density at radius 3 is 2.45 bits per heavy atom. The molecule has 0 aromatic heterocycles. The minimum atomic E-state index is 0.445. The maximum Gasteiger partial charge on any atom is 0.127 e. The largest absolute Gasteiger partial charge is 0.398 e. The van der Waals surface area contributed by atoms with Gasteiger partial charge in [0.15, 0.2) is 0 Å². The van der Waals surface area contributed by atoms with E-state index in [1.807, 2.05) is 18.2 Å². The van der Waals surface area contributed by atoms with Gasteiger partial charge in [-0.25, -0.2) is 0 Å². The zero-order chi connectivity index (χ0) is 14.7. The number of aliphatic imine (C=N–C) groups is 1. The molecule has 0 radical (unpaired) electrons. The van der Waals surface area contributed by atoms with Crippen LogP contribution in [0.15, 0.2) is 41.4 Å². The molecule has 0 aliphatic heterocycles. The molecule has 20 heavy (non-hydrogen) atoms. The molecule has 2 rings (SSSR count). The summed E-state index contributed by atoms with van der Waals surface area (Å²) in [6.45, 7) is 4.16. The first-order valence-corrected chi connectivity index (χ1v) is 6.47. The van der Waals surface area contributed by atoms with Gasteiger partial charge in [0.1, 0.15) is 5.84 Å². The lowest BCUT2D eigenvalue weighted by atomic mass is 10.1. The van der Waals surface area contributed by atoms with Gasteiger partial charge in [-0.3, -0.25) is 4.99 Å². The highest BCUT2D eigenvalue weighted by atomic mass is 14.9. The SMILES string of the molecule is CN=C(N)c1ccc(Nc2ccc(C)cc2C)cc1N. The van der Waals surface area contributed by atoms with Gasteiger partial charge in [-0.15, -0.1) is 0 Å². The Morgan fingerprint density at radius 1 is 1.10 bits per heavy atom. The fourth-order valence-electron chi connectivity index (χ4n) is 2.10. The number of hydrogen-bond acceptors (Lipinski definition) is 3. The summed E-state index contributed by atoms with van der Waals surface area (Å²) < 4.78 is 0. The molecule has 2 aromatic carbocycles. The van der Waals surface area contributed by atoms with E-state index >= 15 is 0 Å². The second kappa shape index (κ2) is 5.65. The highest BCUT2D eigenvalue weighted by Gasteiger charge is 2.05. The molecule has 2 aromatic rings. The van der Waals surface area contributed by atoms with Crippen LogP contribution in [0.4, 0.5) is 17.1 Å². The maximum absolute atomic E-state index is 6.01. The molecular formula is C16H20N4. The van der Waals surface area contributed by atoms with Crippen molar-refractivity contribution in [3.63, 3.8) is 0 Å². The summed E-state index contributed by atoms with van der Waals surface area (Å²) in [5.41, 5.74) is 17.6. The number of anilines is 3. The zero-order valence-electron chi connectivity index (χ0n) is 12.1. The van der Waals surface area contributed by atoms with Gasteiger partial charge < -0.3 is 16.8 Å². The number of nitrogen functional groups attached to an aromatic ring is 1. The molecule has 5 N–H and O–H groups in total. The second-order valence-electron chi connectivity index (χ2n) is 4.85. The Hall–Kier alpha value is -2.49. The van der Waals surface area contributed by atoms with E-state index in [9.17, 15) is 0 Å². The highest BCUT2D eigenvalue weighted by molar-refractivity contribution is 6.02. The Kier molecular flexibility index (Phi) is 3.94. The summed E-state index contributed by atoms with van der Waals surface area (Å²) >= 11 is 0. The van der Waals surface area contributed by atoms with Gasteiger partial charge in [-0.05, 0) is 43.7 Å². The standard InChI is InChI=1S/C16H20N4/c1-10-4-7-15(11(2)8-10)20-12-5-6-13(14(17)9-12)16(18)19-3/h4-9,20H,17H2,1-3H3,(H2,18,19). The van der Waals surface area contributed by atoms with E-state index in [4.69, 9.17) is 11.5 Å². The quantitative estimate of drug-likeness (QED) is 0.455. The van der Waals surface area contributed by atoms with E-state index in [0.29, 0.717) is 11.5 Å². The van der Waals surface area contributed by atoms with Crippen LogP contribution in [-0.4, -0.2) is 12.9 Å². The molecule has 0 atom stereocenters. The molecule has 4 heteroatoms. The molecule has 0 unspecified atom stereocenters. The Labute approximate surface area is 119 Å². The van der Waals surface area contributed by atoms with E-state index in [0.717, 1.165) is 16.9 Å². The normalized spacial score (nSPS) is 11.4. The van der Waals surface area contributed by atoms with Crippen molar-refractivity contribution in [2.75, 3.05) is 18.1 Å². The lowest BCUT2D eigenvalue weighted by Crippen LogP contribution is -2.15. The molecule has 0 fully saturated rings.